The number of aromatic nitrogens is 1. The van der Waals surface area contributed by atoms with Crippen molar-refractivity contribution in [1.82, 2.24) is 4.57 Å². The van der Waals surface area contributed by atoms with Crippen LogP contribution in [0.4, 0.5) is 0 Å². The van der Waals surface area contributed by atoms with Crippen LogP contribution >= 0.6 is 11.3 Å². The van der Waals surface area contributed by atoms with Gasteiger partial charge in [-0.3, -0.25) is 9.36 Å². The van der Waals surface area contributed by atoms with Crippen LogP contribution in [0.15, 0.2) is 92.4 Å². The summed E-state index contributed by atoms with van der Waals surface area (Å²) >= 11 is 1.27. The Hall–Kier alpha value is -4.50. The summed E-state index contributed by atoms with van der Waals surface area (Å²) in [6.45, 7) is 10.1. The predicted octanol–water partition coefficient (Wildman–Crippen LogP) is 4.91. The second-order valence-corrected chi connectivity index (χ2v) is 11.6. The molecule has 2 aromatic carbocycles. The number of carbonyl (C=O) groups excluding carboxylic acids is 2. The Labute approximate surface area is 240 Å². The Bertz CT molecular complexity index is 1800. The molecule has 9 heteroatoms. The lowest BCUT2D eigenvalue weighted by Crippen LogP contribution is -2.39. The van der Waals surface area contributed by atoms with Crippen LogP contribution in [0.2, 0.25) is 0 Å². The Morgan fingerprint density at radius 3 is 2.37 bits per heavy atom. The van der Waals surface area contributed by atoms with Crippen molar-refractivity contribution >= 4 is 29.4 Å². The molecule has 1 atom stereocenters. The molecule has 1 aliphatic heterocycles. The summed E-state index contributed by atoms with van der Waals surface area (Å²) in [5, 5.41) is 0. The van der Waals surface area contributed by atoms with E-state index in [0.717, 1.165) is 5.56 Å². The quantitative estimate of drug-likeness (QED) is 0.241. The molecular weight excluding hydrogens is 540 g/mol. The second kappa shape index (κ2) is 11.2. The van der Waals surface area contributed by atoms with Crippen LogP contribution in [0, 0.1) is 0 Å². The molecule has 8 nitrogen and oxygen atoms in total. The van der Waals surface area contributed by atoms with Gasteiger partial charge in [-0.15, -0.1) is 0 Å². The first-order valence-electron chi connectivity index (χ1n) is 13.2. The van der Waals surface area contributed by atoms with Crippen molar-refractivity contribution in [3.05, 3.63) is 120 Å². The highest BCUT2D eigenvalue weighted by Crippen LogP contribution is 2.32. The molecule has 2 aromatic heterocycles. The van der Waals surface area contributed by atoms with Gasteiger partial charge in [-0.1, -0.05) is 68.5 Å². The Morgan fingerprint density at radius 2 is 1.76 bits per heavy atom. The van der Waals surface area contributed by atoms with E-state index in [-0.39, 0.29) is 28.9 Å². The van der Waals surface area contributed by atoms with Gasteiger partial charge in [0.2, 0.25) is 5.76 Å². The number of rotatable bonds is 6. The maximum Gasteiger partial charge on any atom is 0.379 e. The molecule has 41 heavy (non-hydrogen) atoms. The van der Waals surface area contributed by atoms with E-state index in [4.69, 9.17) is 13.9 Å². The number of allylic oxidation sites excluding steroid dienone is 1. The van der Waals surface area contributed by atoms with E-state index < -0.39 is 18.0 Å². The van der Waals surface area contributed by atoms with Crippen LogP contribution in [0.5, 0.6) is 5.75 Å². The summed E-state index contributed by atoms with van der Waals surface area (Å²) in [6, 6.07) is 17.1. The van der Waals surface area contributed by atoms with Crippen LogP contribution in [0.3, 0.4) is 0 Å². The van der Waals surface area contributed by atoms with E-state index in [1.807, 2.05) is 18.2 Å². The fourth-order valence-electron chi connectivity index (χ4n) is 4.61. The first kappa shape index (κ1) is 28.0. The molecule has 1 aliphatic rings. The fourth-order valence-corrected chi connectivity index (χ4v) is 5.65. The molecule has 0 fully saturated rings. The number of thiazole rings is 1. The molecule has 0 spiro atoms. The van der Waals surface area contributed by atoms with Gasteiger partial charge in [-0.2, -0.15) is 0 Å². The van der Waals surface area contributed by atoms with Gasteiger partial charge in [0.05, 0.1) is 34.7 Å². The highest BCUT2D eigenvalue weighted by atomic mass is 32.1. The highest BCUT2D eigenvalue weighted by molar-refractivity contribution is 7.07. The molecule has 0 unspecified atom stereocenters. The highest BCUT2D eigenvalue weighted by Gasteiger charge is 2.33. The molecule has 4 aromatic rings. The van der Waals surface area contributed by atoms with Gasteiger partial charge in [-0.25, -0.2) is 14.6 Å². The van der Waals surface area contributed by atoms with E-state index in [0.29, 0.717) is 26.3 Å². The summed E-state index contributed by atoms with van der Waals surface area (Å²) in [5.74, 6) is -0.801. The maximum absolute atomic E-state index is 13.8. The summed E-state index contributed by atoms with van der Waals surface area (Å²) < 4.78 is 17.9. The van der Waals surface area contributed by atoms with Gasteiger partial charge >= 0.3 is 11.9 Å². The van der Waals surface area contributed by atoms with Crippen molar-refractivity contribution < 1.29 is 23.5 Å². The van der Waals surface area contributed by atoms with Crippen molar-refractivity contribution in [2.75, 3.05) is 6.61 Å². The zero-order valence-corrected chi connectivity index (χ0v) is 24.3. The number of furan rings is 1. The number of fused-ring (bicyclic) bond motifs is 1. The SMILES string of the molecule is CCOC(=O)C1=C(C)N=c2s/c(=C\c3ccc(C(C)(C)C)cc3)c(=O)n2[C@@H]1c1ccc(OC(=O)c2ccco2)cc1. The summed E-state index contributed by atoms with van der Waals surface area (Å²) in [4.78, 5) is 44.4. The van der Waals surface area contributed by atoms with Crippen molar-refractivity contribution in [1.29, 1.82) is 0 Å². The monoisotopic (exact) mass is 570 g/mol. The molecule has 0 aliphatic carbocycles. The maximum atomic E-state index is 13.8. The largest absolute Gasteiger partial charge is 0.463 e. The van der Waals surface area contributed by atoms with Crippen molar-refractivity contribution in [3.8, 4) is 5.75 Å². The molecule has 0 saturated heterocycles. The number of esters is 2. The summed E-state index contributed by atoms with van der Waals surface area (Å²) in [6.07, 6.45) is 3.23. The molecule has 0 bridgehead atoms. The molecule has 210 valence electrons. The van der Waals surface area contributed by atoms with Gasteiger partial charge in [0.1, 0.15) is 5.75 Å². The third kappa shape index (κ3) is 5.71. The lowest BCUT2D eigenvalue weighted by molar-refractivity contribution is -0.139. The first-order chi connectivity index (χ1) is 19.6. The number of ether oxygens (including phenoxy) is 2. The molecule has 0 radical (unpaired) electrons. The predicted molar refractivity (Wildman–Crippen MR) is 156 cm³/mol. The van der Waals surface area contributed by atoms with E-state index in [1.54, 1.807) is 44.2 Å². The molecule has 5 rings (SSSR count). The van der Waals surface area contributed by atoms with Gasteiger partial charge in [0.25, 0.3) is 5.56 Å². The lowest BCUT2D eigenvalue weighted by Gasteiger charge is -2.24. The van der Waals surface area contributed by atoms with Crippen LogP contribution < -0.4 is 19.6 Å². The zero-order valence-electron chi connectivity index (χ0n) is 23.5. The van der Waals surface area contributed by atoms with Gasteiger partial charge in [-0.05, 0) is 66.3 Å². The Morgan fingerprint density at radius 1 is 1.05 bits per heavy atom. The van der Waals surface area contributed by atoms with E-state index in [1.165, 1.54) is 33.8 Å². The Kier molecular flexibility index (Phi) is 7.64. The Balaban J connectivity index is 1.57. The van der Waals surface area contributed by atoms with Crippen LogP contribution in [0.1, 0.15) is 67.9 Å². The van der Waals surface area contributed by atoms with Gasteiger partial charge in [0, 0.05) is 0 Å². The fraction of sp³-hybridized carbons (Fsp3) is 0.250. The topological polar surface area (TPSA) is 100 Å². The standard InChI is InChI=1S/C32H30N2O6S/c1-6-38-30(37)26-19(2)33-31-34(28(35)25(41-31)18-20-9-13-22(14-10-20)32(3,4)5)27(26)21-11-15-23(16-12-21)40-29(36)24-8-7-17-39-24/h7-18,27H,6H2,1-5H3/b25-18-/t27-/m1/s1. The number of hydrogen-bond acceptors (Lipinski definition) is 8. The van der Waals surface area contributed by atoms with Crippen molar-refractivity contribution in [3.63, 3.8) is 0 Å². The first-order valence-corrected chi connectivity index (χ1v) is 14.0. The number of hydrogen-bond donors (Lipinski definition) is 0. The molecule has 0 amide bonds. The van der Waals surface area contributed by atoms with Crippen LogP contribution in [-0.4, -0.2) is 23.1 Å². The number of carbonyl (C=O) groups is 2. The van der Waals surface area contributed by atoms with Gasteiger partial charge < -0.3 is 13.9 Å². The molecule has 0 saturated carbocycles. The van der Waals surface area contributed by atoms with Gasteiger partial charge in [0.15, 0.2) is 4.80 Å². The smallest absolute Gasteiger partial charge is 0.379 e. The second-order valence-electron chi connectivity index (χ2n) is 10.6. The molecule has 3 heterocycles. The molecule has 0 N–H and O–H groups in total. The van der Waals surface area contributed by atoms with Crippen molar-refractivity contribution in [2.24, 2.45) is 4.99 Å². The summed E-state index contributed by atoms with van der Waals surface area (Å²) in [5.41, 5.74) is 3.24. The minimum absolute atomic E-state index is 0.0194. The normalized spacial score (nSPS) is 15.3. The number of benzene rings is 2. The summed E-state index contributed by atoms with van der Waals surface area (Å²) in [7, 11) is 0. The van der Waals surface area contributed by atoms with E-state index in [9.17, 15) is 14.4 Å². The average Bonchev–Trinajstić information content (AvgIpc) is 3.57. The van der Waals surface area contributed by atoms with Crippen LogP contribution in [0.25, 0.3) is 6.08 Å². The third-order valence-electron chi connectivity index (χ3n) is 6.72. The van der Waals surface area contributed by atoms with Crippen molar-refractivity contribution in [2.45, 2.75) is 46.1 Å². The minimum atomic E-state index is -0.773. The third-order valence-corrected chi connectivity index (χ3v) is 7.70. The van der Waals surface area contributed by atoms with E-state index in [2.05, 4.69) is 37.9 Å². The zero-order chi connectivity index (χ0) is 29.3. The van der Waals surface area contributed by atoms with E-state index >= 15 is 0 Å². The lowest BCUT2D eigenvalue weighted by atomic mass is 9.87. The molecular formula is C32H30N2O6S. The average molecular weight is 571 g/mol. The minimum Gasteiger partial charge on any atom is -0.463 e. The number of nitrogens with zero attached hydrogens (tertiary/aromatic N) is 2. The van der Waals surface area contributed by atoms with Crippen LogP contribution in [-0.2, 0) is 14.9 Å².